The first-order valence-corrected chi connectivity index (χ1v) is 20.0. The molecule has 0 atom stereocenters. The molecule has 3 nitrogen and oxygen atoms in total. The van der Waals surface area contributed by atoms with Crippen molar-refractivity contribution in [2.24, 2.45) is 0 Å². The van der Waals surface area contributed by atoms with Gasteiger partial charge in [0.2, 0.25) is 0 Å². The molecule has 0 bridgehead atoms. The lowest BCUT2D eigenvalue weighted by atomic mass is 9.82. The van der Waals surface area contributed by atoms with Crippen LogP contribution in [0.25, 0.3) is 88.0 Å². The summed E-state index contributed by atoms with van der Waals surface area (Å²) < 4.78 is 14.0. The lowest BCUT2D eigenvalue weighted by Gasteiger charge is -2.29. The van der Waals surface area contributed by atoms with Crippen LogP contribution in [0.15, 0.2) is 197 Å². The highest BCUT2D eigenvalue weighted by atomic mass is 16.3. The van der Waals surface area contributed by atoms with Gasteiger partial charge in [-0.3, -0.25) is 0 Å². The molecule has 0 fully saturated rings. The van der Waals surface area contributed by atoms with Crippen LogP contribution in [0.2, 0.25) is 0 Å². The van der Waals surface area contributed by atoms with Crippen molar-refractivity contribution in [2.75, 3.05) is 4.90 Å². The Kier molecular flexibility index (Phi) is 6.98. The minimum atomic E-state index is -0.163. The quantitative estimate of drug-likeness (QED) is 0.176. The van der Waals surface area contributed by atoms with E-state index in [-0.39, 0.29) is 5.41 Å². The summed E-state index contributed by atoms with van der Waals surface area (Å²) in [5, 5.41) is 6.57. The van der Waals surface area contributed by atoms with E-state index in [0.29, 0.717) is 0 Å². The zero-order chi connectivity index (χ0) is 38.5. The maximum absolute atomic E-state index is 7.38. The molecule has 0 amide bonds. The number of rotatable bonds is 5. The molecule has 3 heteroatoms. The summed E-state index contributed by atoms with van der Waals surface area (Å²) in [4.78, 5) is 2.40. The summed E-state index contributed by atoms with van der Waals surface area (Å²) in [6.07, 6.45) is 0. The summed E-state index contributed by atoms with van der Waals surface area (Å²) in [5.74, 6) is 0. The summed E-state index contributed by atoms with van der Waals surface area (Å²) in [5.41, 5.74) is 16.0. The molecule has 1 aliphatic rings. The molecule has 0 saturated carbocycles. The Balaban J connectivity index is 1.17. The van der Waals surface area contributed by atoms with Crippen molar-refractivity contribution < 1.29 is 8.83 Å². The first kappa shape index (κ1) is 32.8. The summed E-state index contributed by atoms with van der Waals surface area (Å²) >= 11 is 0. The van der Waals surface area contributed by atoms with Gasteiger partial charge in [0.05, 0.1) is 11.4 Å². The van der Waals surface area contributed by atoms with Gasteiger partial charge in [-0.15, -0.1) is 0 Å². The van der Waals surface area contributed by atoms with Crippen LogP contribution < -0.4 is 4.90 Å². The van der Waals surface area contributed by atoms with E-state index >= 15 is 0 Å². The summed E-state index contributed by atoms with van der Waals surface area (Å²) in [7, 11) is 0. The molecule has 0 spiro atoms. The van der Waals surface area contributed by atoms with Crippen LogP contribution in [0.1, 0.15) is 25.0 Å². The first-order chi connectivity index (χ1) is 28.5. The fraction of sp³-hybridized carbons (Fsp3) is 0.0545. The Morgan fingerprint density at radius 1 is 0.414 bits per heavy atom. The second kappa shape index (κ2) is 12.3. The third-order valence-corrected chi connectivity index (χ3v) is 12.4. The van der Waals surface area contributed by atoms with Crippen LogP contribution in [-0.2, 0) is 5.41 Å². The number of hydrogen-bond acceptors (Lipinski definition) is 3. The molecule has 58 heavy (non-hydrogen) atoms. The molecular weight excluding hydrogens is 707 g/mol. The van der Waals surface area contributed by atoms with Gasteiger partial charge >= 0.3 is 0 Å². The zero-order valence-electron chi connectivity index (χ0n) is 32.2. The number of benzene rings is 9. The molecule has 0 unspecified atom stereocenters. The molecule has 9 aromatic carbocycles. The molecule has 0 radical (unpaired) electrons. The molecule has 1 aliphatic carbocycles. The van der Waals surface area contributed by atoms with E-state index in [1.54, 1.807) is 0 Å². The molecule has 12 rings (SSSR count). The number of fused-ring (bicyclic) bond motifs is 10. The topological polar surface area (TPSA) is 29.5 Å². The van der Waals surface area contributed by atoms with Crippen LogP contribution in [0.3, 0.4) is 0 Å². The standard InChI is InChI=1S/C55H37NO2/c1-55(2)45-23-11-8-20-40(45)41-30-29-38(32-46(41)55)56(47-24-12-9-19-39(47)35-16-4-3-5-17-35)48-25-14-22-42-44-33-50-52(43-21-10-13-26-49(43)57-50)51(54(44)58-53(42)48)37-28-27-34-15-6-7-18-36(34)31-37/h3-33H,1-2H3. The molecule has 2 aromatic heterocycles. The van der Waals surface area contributed by atoms with Crippen LogP contribution >= 0.6 is 0 Å². The SMILES string of the molecule is CC1(C)c2ccccc2-c2ccc(N(c3ccccc3-c3ccccc3)c3cccc4c3oc3c(-c5ccc6ccccc6c5)c5c(cc34)oc3ccccc35)cc21. The Labute approximate surface area is 336 Å². The van der Waals surface area contributed by atoms with Crippen molar-refractivity contribution >= 4 is 71.7 Å². The second-order valence-electron chi connectivity index (χ2n) is 16.0. The smallest absolute Gasteiger partial charge is 0.159 e. The minimum absolute atomic E-state index is 0.163. The van der Waals surface area contributed by atoms with Crippen LogP contribution in [0.5, 0.6) is 0 Å². The van der Waals surface area contributed by atoms with Gasteiger partial charge in [0.25, 0.3) is 0 Å². The Morgan fingerprint density at radius 3 is 2.02 bits per heavy atom. The highest BCUT2D eigenvalue weighted by Crippen LogP contribution is 2.53. The Hall–Kier alpha value is -7.36. The second-order valence-corrected chi connectivity index (χ2v) is 16.0. The molecule has 2 heterocycles. The van der Waals surface area contributed by atoms with E-state index in [1.165, 1.54) is 33.0 Å². The Morgan fingerprint density at radius 2 is 1.12 bits per heavy atom. The number of furan rings is 2. The molecule has 0 aliphatic heterocycles. The lowest BCUT2D eigenvalue weighted by molar-refractivity contribution is 0.660. The average molecular weight is 744 g/mol. The third-order valence-electron chi connectivity index (χ3n) is 12.4. The largest absolute Gasteiger partial charge is 0.456 e. The highest BCUT2D eigenvalue weighted by molar-refractivity contribution is 6.25. The zero-order valence-corrected chi connectivity index (χ0v) is 32.2. The van der Waals surface area contributed by atoms with Crippen molar-refractivity contribution in [3.05, 3.63) is 199 Å². The van der Waals surface area contributed by atoms with Crippen LogP contribution in [-0.4, -0.2) is 0 Å². The maximum atomic E-state index is 7.38. The van der Waals surface area contributed by atoms with Gasteiger partial charge in [-0.2, -0.15) is 0 Å². The highest BCUT2D eigenvalue weighted by Gasteiger charge is 2.36. The fourth-order valence-electron chi connectivity index (χ4n) is 9.69. The number of nitrogens with zero attached hydrogens (tertiary/aromatic N) is 1. The van der Waals surface area contributed by atoms with Crippen LogP contribution in [0.4, 0.5) is 17.1 Å². The van der Waals surface area contributed by atoms with Gasteiger partial charge < -0.3 is 13.7 Å². The van der Waals surface area contributed by atoms with Crippen LogP contribution in [0, 0.1) is 0 Å². The molecule has 274 valence electrons. The number of hydrogen-bond donors (Lipinski definition) is 0. The van der Waals surface area contributed by atoms with E-state index in [2.05, 4.69) is 201 Å². The lowest BCUT2D eigenvalue weighted by Crippen LogP contribution is -2.17. The van der Waals surface area contributed by atoms with Gasteiger partial charge in [-0.05, 0) is 86.6 Å². The van der Waals surface area contributed by atoms with Crippen molar-refractivity contribution in [3.8, 4) is 33.4 Å². The van der Waals surface area contributed by atoms with Gasteiger partial charge in [0, 0.05) is 43.8 Å². The van der Waals surface area contributed by atoms with Crippen molar-refractivity contribution in [1.82, 2.24) is 0 Å². The number of anilines is 3. The van der Waals surface area contributed by atoms with E-state index < -0.39 is 0 Å². The number of para-hydroxylation sites is 3. The molecule has 0 saturated heterocycles. The Bertz CT molecular complexity index is 3440. The van der Waals surface area contributed by atoms with E-state index in [1.807, 2.05) is 6.07 Å². The van der Waals surface area contributed by atoms with Crippen molar-refractivity contribution in [2.45, 2.75) is 19.3 Å². The van der Waals surface area contributed by atoms with E-state index in [0.717, 1.165) is 83.2 Å². The molecule has 11 aromatic rings. The monoisotopic (exact) mass is 743 g/mol. The molecule has 0 N–H and O–H groups in total. The maximum Gasteiger partial charge on any atom is 0.159 e. The van der Waals surface area contributed by atoms with Gasteiger partial charge in [-0.25, -0.2) is 0 Å². The van der Waals surface area contributed by atoms with Gasteiger partial charge in [-0.1, -0.05) is 159 Å². The normalized spacial score (nSPS) is 13.1. The van der Waals surface area contributed by atoms with Crippen molar-refractivity contribution in [1.29, 1.82) is 0 Å². The van der Waals surface area contributed by atoms with Crippen molar-refractivity contribution in [3.63, 3.8) is 0 Å². The average Bonchev–Trinajstić information content (AvgIpc) is 3.91. The van der Waals surface area contributed by atoms with E-state index in [4.69, 9.17) is 8.83 Å². The first-order valence-electron chi connectivity index (χ1n) is 20.0. The predicted octanol–water partition coefficient (Wildman–Crippen LogP) is 15.7. The van der Waals surface area contributed by atoms with Gasteiger partial charge in [0.1, 0.15) is 16.7 Å². The van der Waals surface area contributed by atoms with E-state index in [9.17, 15) is 0 Å². The summed E-state index contributed by atoms with van der Waals surface area (Å²) in [6, 6.07) is 67.5. The third kappa shape index (κ3) is 4.74. The van der Waals surface area contributed by atoms with Gasteiger partial charge in [0.15, 0.2) is 5.58 Å². The predicted molar refractivity (Wildman–Crippen MR) is 242 cm³/mol. The summed E-state index contributed by atoms with van der Waals surface area (Å²) in [6.45, 7) is 4.69. The molecular formula is C55H37NO2. The minimum Gasteiger partial charge on any atom is -0.456 e. The fourth-order valence-corrected chi connectivity index (χ4v) is 9.69.